The molecule has 1 aromatic carbocycles. The molecule has 2 rings (SSSR count). The first-order valence-corrected chi connectivity index (χ1v) is 5.59. The SMILES string of the molecule is CCn1ccnc1[C@@H](O)c1ccc(OC)cc1. The molecule has 90 valence electrons. The van der Waals surface area contributed by atoms with Gasteiger partial charge in [0.25, 0.3) is 0 Å². The van der Waals surface area contributed by atoms with E-state index < -0.39 is 6.10 Å². The van der Waals surface area contributed by atoms with Crippen LogP contribution in [0.4, 0.5) is 0 Å². The van der Waals surface area contributed by atoms with E-state index in [1.807, 2.05) is 42.0 Å². The number of aryl methyl sites for hydroxylation is 1. The first kappa shape index (κ1) is 11.7. The van der Waals surface area contributed by atoms with Crippen LogP contribution < -0.4 is 4.74 Å². The van der Waals surface area contributed by atoms with Gasteiger partial charge in [0.1, 0.15) is 17.7 Å². The van der Waals surface area contributed by atoms with Crippen molar-refractivity contribution < 1.29 is 9.84 Å². The molecular weight excluding hydrogens is 216 g/mol. The van der Waals surface area contributed by atoms with E-state index in [4.69, 9.17) is 4.74 Å². The van der Waals surface area contributed by atoms with Crippen LogP contribution in [0.5, 0.6) is 5.75 Å². The zero-order valence-corrected chi connectivity index (χ0v) is 10.00. The molecule has 0 spiro atoms. The molecule has 4 heteroatoms. The second-order valence-electron chi connectivity index (χ2n) is 3.75. The van der Waals surface area contributed by atoms with Crippen molar-refractivity contribution in [3.8, 4) is 5.75 Å². The molecule has 4 nitrogen and oxygen atoms in total. The molecule has 0 amide bonds. The van der Waals surface area contributed by atoms with Crippen LogP contribution in [0.2, 0.25) is 0 Å². The first-order valence-electron chi connectivity index (χ1n) is 5.59. The fourth-order valence-electron chi connectivity index (χ4n) is 1.77. The van der Waals surface area contributed by atoms with Crippen molar-refractivity contribution in [1.29, 1.82) is 0 Å². The van der Waals surface area contributed by atoms with Gasteiger partial charge in [0.2, 0.25) is 0 Å². The van der Waals surface area contributed by atoms with Gasteiger partial charge in [0.05, 0.1) is 7.11 Å². The van der Waals surface area contributed by atoms with Crippen LogP contribution in [-0.2, 0) is 6.54 Å². The second kappa shape index (κ2) is 5.01. The summed E-state index contributed by atoms with van der Waals surface area (Å²) in [7, 11) is 1.62. The van der Waals surface area contributed by atoms with E-state index in [-0.39, 0.29) is 0 Å². The molecule has 17 heavy (non-hydrogen) atoms. The van der Waals surface area contributed by atoms with Gasteiger partial charge in [-0.15, -0.1) is 0 Å². The van der Waals surface area contributed by atoms with E-state index in [1.54, 1.807) is 13.3 Å². The van der Waals surface area contributed by atoms with Crippen LogP contribution in [0.25, 0.3) is 0 Å². The maximum atomic E-state index is 10.2. The fraction of sp³-hybridized carbons (Fsp3) is 0.308. The van der Waals surface area contributed by atoms with Gasteiger partial charge in [-0.05, 0) is 24.6 Å². The van der Waals surface area contributed by atoms with Crippen molar-refractivity contribution in [3.63, 3.8) is 0 Å². The van der Waals surface area contributed by atoms with Crippen molar-refractivity contribution in [3.05, 3.63) is 48.0 Å². The Morgan fingerprint density at radius 2 is 2.06 bits per heavy atom. The number of ether oxygens (including phenoxy) is 1. The summed E-state index contributed by atoms with van der Waals surface area (Å²) in [5.74, 6) is 1.44. The summed E-state index contributed by atoms with van der Waals surface area (Å²) in [6.45, 7) is 2.81. The summed E-state index contributed by atoms with van der Waals surface area (Å²) in [4.78, 5) is 4.19. The van der Waals surface area contributed by atoms with Crippen molar-refractivity contribution >= 4 is 0 Å². The highest BCUT2D eigenvalue weighted by Gasteiger charge is 2.15. The average Bonchev–Trinajstić information content (AvgIpc) is 2.86. The van der Waals surface area contributed by atoms with Crippen molar-refractivity contribution in [1.82, 2.24) is 9.55 Å². The Morgan fingerprint density at radius 1 is 1.35 bits per heavy atom. The first-order chi connectivity index (χ1) is 8.26. The van der Waals surface area contributed by atoms with Crippen LogP contribution in [0.15, 0.2) is 36.7 Å². The van der Waals surface area contributed by atoms with E-state index in [9.17, 15) is 5.11 Å². The minimum absolute atomic E-state index is 0.665. The lowest BCUT2D eigenvalue weighted by atomic mass is 10.1. The Morgan fingerprint density at radius 3 is 2.65 bits per heavy atom. The molecule has 1 atom stereocenters. The predicted molar refractivity (Wildman–Crippen MR) is 65.0 cm³/mol. The van der Waals surface area contributed by atoms with E-state index in [1.165, 1.54) is 0 Å². The van der Waals surface area contributed by atoms with E-state index in [0.717, 1.165) is 17.9 Å². The number of aliphatic hydroxyl groups is 1. The molecule has 0 saturated carbocycles. The summed E-state index contributed by atoms with van der Waals surface area (Å²) in [5, 5.41) is 10.2. The van der Waals surface area contributed by atoms with Gasteiger partial charge in [-0.2, -0.15) is 0 Å². The zero-order chi connectivity index (χ0) is 12.3. The maximum Gasteiger partial charge on any atom is 0.142 e. The number of imidazole rings is 1. The minimum Gasteiger partial charge on any atom is -0.497 e. The van der Waals surface area contributed by atoms with Crippen molar-refractivity contribution in [2.75, 3.05) is 7.11 Å². The lowest BCUT2D eigenvalue weighted by Crippen LogP contribution is -2.08. The number of benzene rings is 1. The number of nitrogens with zero attached hydrogens (tertiary/aromatic N) is 2. The summed E-state index contributed by atoms with van der Waals surface area (Å²) in [5.41, 5.74) is 0.812. The standard InChI is InChI=1S/C13H16N2O2/c1-3-15-9-8-14-13(15)12(16)10-4-6-11(17-2)7-5-10/h4-9,12,16H,3H2,1-2H3/t12-/m0/s1. The molecule has 0 fully saturated rings. The molecule has 0 aliphatic heterocycles. The molecule has 0 radical (unpaired) electrons. The number of aromatic nitrogens is 2. The molecule has 0 aliphatic rings. The molecule has 0 unspecified atom stereocenters. The number of hydrogen-bond donors (Lipinski definition) is 1. The molecule has 0 bridgehead atoms. The largest absolute Gasteiger partial charge is 0.497 e. The monoisotopic (exact) mass is 232 g/mol. The lowest BCUT2D eigenvalue weighted by Gasteiger charge is -2.12. The molecule has 1 aromatic heterocycles. The van der Waals surface area contributed by atoms with Gasteiger partial charge in [0, 0.05) is 18.9 Å². The van der Waals surface area contributed by atoms with Crippen LogP contribution in [0, 0.1) is 0 Å². The van der Waals surface area contributed by atoms with Crippen molar-refractivity contribution in [2.45, 2.75) is 19.6 Å². The van der Waals surface area contributed by atoms with E-state index >= 15 is 0 Å². The van der Waals surface area contributed by atoms with Crippen LogP contribution in [0.3, 0.4) is 0 Å². The third-order valence-electron chi connectivity index (χ3n) is 2.76. The summed E-state index contributed by atoms with van der Waals surface area (Å²) in [6.07, 6.45) is 2.86. The van der Waals surface area contributed by atoms with Crippen LogP contribution in [0.1, 0.15) is 24.4 Å². The second-order valence-corrected chi connectivity index (χ2v) is 3.75. The van der Waals surface area contributed by atoms with Gasteiger partial charge in [-0.1, -0.05) is 12.1 Å². The molecule has 1 N–H and O–H groups in total. The van der Waals surface area contributed by atoms with Gasteiger partial charge in [0.15, 0.2) is 0 Å². The van der Waals surface area contributed by atoms with Crippen molar-refractivity contribution in [2.24, 2.45) is 0 Å². The summed E-state index contributed by atoms with van der Waals surface area (Å²) >= 11 is 0. The van der Waals surface area contributed by atoms with Crippen LogP contribution in [-0.4, -0.2) is 21.8 Å². The molecule has 1 heterocycles. The number of rotatable bonds is 4. The Kier molecular flexibility index (Phi) is 3.44. The predicted octanol–water partition coefficient (Wildman–Crippen LogP) is 1.99. The van der Waals surface area contributed by atoms with E-state index in [0.29, 0.717) is 5.82 Å². The molecule has 0 aliphatic carbocycles. The summed E-state index contributed by atoms with van der Waals surface area (Å²) < 4.78 is 7.01. The normalized spacial score (nSPS) is 12.4. The fourth-order valence-corrected chi connectivity index (χ4v) is 1.77. The highest BCUT2D eigenvalue weighted by Crippen LogP contribution is 2.22. The Hall–Kier alpha value is -1.81. The van der Waals surface area contributed by atoms with Crippen LogP contribution >= 0.6 is 0 Å². The third kappa shape index (κ3) is 2.31. The topological polar surface area (TPSA) is 47.3 Å². The van der Waals surface area contributed by atoms with E-state index in [2.05, 4.69) is 4.98 Å². The maximum absolute atomic E-state index is 10.2. The van der Waals surface area contributed by atoms with Gasteiger partial charge >= 0.3 is 0 Å². The molecule has 2 aromatic rings. The number of methoxy groups -OCH3 is 1. The third-order valence-corrected chi connectivity index (χ3v) is 2.76. The zero-order valence-electron chi connectivity index (χ0n) is 10.00. The Labute approximate surface area is 100 Å². The minimum atomic E-state index is -0.698. The summed E-state index contributed by atoms with van der Waals surface area (Å²) in [6, 6.07) is 7.35. The smallest absolute Gasteiger partial charge is 0.142 e. The highest BCUT2D eigenvalue weighted by atomic mass is 16.5. The molecule has 0 saturated heterocycles. The van der Waals surface area contributed by atoms with Gasteiger partial charge in [-0.25, -0.2) is 4.98 Å². The number of hydrogen-bond acceptors (Lipinski definition) is 3. The Bertz CT molecular complexity index is 476. The average molecular weight is 232 g/mol. The van der Waals surface area contributed by atoms with Gasteiger partial charge < -0.3 is 14.4 Å². The Balaban J connectivity index is 2.27. The number of aliphatic hydroxyl groups excluding tert-OH is 1. The molecular formula is C13H16N2O2. The highest BCUT2D eigenvalue weighted by molar-refractivity contribution is 5.30. The lowest BCUT2D eigenvalue weighted by molar-refractivity contribution is 0.204. The quantitative estimate of drug-likeness (QED) is 0.877. The van der Waals surface area contributed by atoms with Gasteiger partial charge in [-0.3, -0.25) is 0 Å².